The minimum absolute atomic E-state index is 0.0387. The highest BCUT2D eigenvalue weighted by molar-refractivity contribution is 6.29. The minimum atomic E-state index is -0.222. The molecule has 2 heterocycles. The van der Waals surface area contributed by atoms with Gasteiger partial charge in [0.25, 0.3) is 5.91 Å². The third-order valence-electron chi connectivity index (χ3n) is 3.11. The first kappa shape index (κ1) is 14.2. The molecular weight excluding hydrogens is 266 g/mol. The number of rotatable bonds is 4. The number of amides is 1. The summed E-state index contributed by atoms with van der Waals surface area (Å²) in [5.41, 5.74) is 0.329. The van der Waals surface area contributed by atoms with E-state index in [1.54, 1.807) is 18.2 Å². The van der Waals surface area contributed by atoms with Crippen LogP contribution in [0.2, 0.25) is 5.15 Å². The van der Waals surface area contributed by atoms with Gasteiger partial charge in [-0.25, -0.2) is 4.98 Å². The van der Waals surface area contributed by atoms with E-state index >= 15 is 0 Å². The summed E-state index contributed by atoms with van der Waals surface area (Å²) >= 11 is 5.75. The van der Waals surface area contributed by atoms with Gasteiger partial charge in [0.05, 0.1) is 12.7 Å². The third kappa shape index (κ3) is 4.16. The van der Waals surface area contributed by atoms with Crippen LogP contribution in [0.25, 0.3) is 0 Å². The number of hydrogen-bond donors (Lipinski definition) is 1. The molecule has 0 aliphatic carbocycles. The van der Waals surface area contributed by atoms with E-state index in [4.69, 9.17) is 16.3 Å². The van der Waals surface area contributed by atoms with Crippen molar-refractivity contribution in [1.29, 1.82) is 0 Å². The molecule has 1 aliphatic rings. The Bertz CT molecular complexity index is 442. The van der Waals surface area contributed by atoms with Crippen LogP contribution in [0.1, 0.15) is 17.4 Å². The summed E-state index contributed by atoms with van der Waals surface area (Å²) in [5, 5.41) is 3.15. The van der Waals surface area contributed by atoms with Crippen molar-refractivity contribution in [1.82, 2.24) is 15.2 Å². The van der Waals surface area contributed by atoms with Gasteiger partial charge in [-0.1, -0.05) is 24.6 Å². The Morgan fingerprint density at radius 2 is 2.47 bits per heavy atom. The molecule has 1 aromatic rings. The number of likely N-dealkylation sites (N-methyl/N-ethyl adjacent to an activating group) is 1. The molecule has 104 valence electrons. The van der Waals surface area contributed by atoms with Crippen LogP contribution in [-0.2, 0) is 4.74 Å². The Balaban J connectivity index is 1.83. The lowest BCUT2D eigenvalue weighted by Gasteiger charge is -2.32. The predicted octanol–water partition coefficient (Wildman–Crippen LogP) is 1.19. The summed E-state index contributed by atoms with van der Waals surface area (Å²) in [7, 11) is 0. The van der Waals surface area contributed by atoms with Crippen molar-refractivity contribution in [2.45, 2.75) is 13.0 Å². The summed E-state index contributed by atoms with van der Waals surface area (Å²) in [6.07, 6.45) is 0.0387. The molecule has 6 heteroatoms. The summed E-state index contributed by atoms with van der Waals surface area (Å²) in [4.78, 5) is 18.2. The van der Waals surface area contributed by atoms with Crippen LogP contribution in [-0.4, -0.2) is 54.7 Å². The van der Waals surface area contributed by atoms with Crippen LogP contribution in [0.15, 0.2) is 18.2 Å². The van der Waals surface area contributed by atoms with Gasteiger partial charge in [-0.2, -0.15) is 0 Å². The molecule has 5 nitrogen and oxygen atoms in total. The van der Waals surface area contributed by atoms with Crippen LogP contribution in [0.4, 0.5) is 0 Å². The molecule has 0 saturated carbocycles. The summed E-state index contributed by atoms with van der Waals surface area (Å²) in [6, 6.07) is 4.99. The van der Waals surface area contributed by atoms with Gasteiger partial charge in [0, 0.05) is 19.6 Å². The second kappa shape index (κ2) is 6.84. The number of ether oxygens (including phenoxy) is 1. The molecule has 0 radical (unpaired) electrons. The van der Waals surface area contributed by atoms with Gasteiger partial charge in [0.15, 0.2) is 0 Å². The molecule has 2 rings (SSSR count). The number of halogens is 1. The van der Waals surface area contributed by atoms with E-state index in [9.17, 15) is 4.79 Å². The fraction of sp³-hybridized carbons (Fsp3) is 0.538. The Morgan fingerprint density at radius 3 is 3.21 bits per heavy atom. The number of carbonyl (C=O) groups excluding carboxylic acids is 1. The van der Waals surface area contributed by atoms with Gasteiger partial charge in [-0.15, -0.1) is 0 Å². The van der Waals surface area contributed by atoms with Crippen LogP contribution in [0.5, 0.6) is 0 Å². The van der Waals surface area contributed by atoms with Crippen molar-refractivity contribution >= 4 is 17.5 Å². The standard InChI is InChI=1S/C13H18ClN3O2/c1-2-17-6-7-19-10(9-17)8-15-13(18)11-4-3-5-12(14)16-11/h3-5,10H,2,6-9H2,1H3,(H,15,18). The van der Waals surface area contributed by atoms with E-state index < -0.39 is 0 Å². The number of nitrogens with one attached hydrogen (secondary N) is 1. The van der Waals surface area contributed by atoms with Crippen molar-refractivity contribution in [2.24, 2.45) is 0 Å². The molecule has 0 bridgehead atoms. The Labute approximate surface area is 117 Å². The first-order valence-electron chi connectivity index (χ1n) is 6.43. The zero-order chi connectivity index (χ0) is 13.7. The molecule has 1 amide bonds. The van der Waals surface area contributed by atoms with Crippen LogP contribution >= 0.6 is 11.6 Å². The minimum Gasteiger partial charge on any atom is -0.374 e. The van der Waals surface area contributed by atoms with Gasteiger partial charge in [0.1, 0.15) is 10.8 Å². The zero-order valence-corrected chi connectivity index (χ0v) is 11.7. The van der Waals surface area contributed by atoms with Crippen molar-refractivity contribution in [3.05, 3.63) is 29.0 Å². The number of carbonyl (C=O) groups is 1. The molecule has 0 spiro atoms. The van der Waals surface area contributed by atoms with Crippen molar-refractivity contribution in [3.8, 4) is 0 Å². The topological polar surface area (TPSA) is 54.5 Å². The lowest BCUT2D eigenvalue weighted by molar-refractivity contribution is -0.0246. The first-order chi connectivity index (χ1) is 9.19. The normalized spacial score (nSPS) is 20.2. The van der Waals surface area contributed by atoms with E-state index in [1.165, 1.54) is 0 Å². The zero-order valence-electron chi connectivity index (χ0n) is 10.9. The highest BCUT2D eigenvalue weighted by atomic mass is 35.5. The summed E-state index contributed by atoms with van der Waals surface area (Å²) in [6.45, 7) is 6.13. The molecule has 1 aliphatic heterocycles. The number of aromatic nitrogens is 1. The van der Waals surface area contributed by atoms with Gasteiger partial charge >= 0.3 is 0 Å². The Hall–Kier alpha value is -1.17. The lowest BCUT2D eigenvalue weighted by Crippen LogP contribution is -2.47. The van der Waals surface area contributed by atoms with E-state index in [-0.39, 0.29) is 12.0 Å². The number of pyridine rings is 1. The lowest BCUT2D eigenvalue weighted by atomic mass is 10.2. The molecule has 0 aromatic carbocycles. The van der Waals surface area contributed by atoms with Gasteiger partial charge < -0.3 is 10.1 Å². The maximum atomic E-state index is 11.9. The molecule has 1 N–H and O–H groups in total. The van der Waals surface area contributed by atoms with E-state index in [0.717, 1.165) is 19.6 Å². The fourth-order valence-electron chi connectivity index (χ4n) is 2.02. The Kier molecular flexibility index (Phi) is 5.13. The average Bonchev–Trinajstić information content (AvgIpc) is 2.45. The molecule has 1 unspecified atom stereocenters. The van der Waals surface area contributed by atoms with Crippen molar-refractivity contribution in [2.75, 3.05) is 32.8 Å². The maximum absolute atomic E-state index is 11.9. The van der Waals surface area contributed by atoms with Gasteiger partial charge in [-0.05, 0) is 18.7 Å². The number of hydrogen-bond acceptors (Lipinski definition) is 4. The fourth-order valence-corrected chi connectivity index (χ4v) is 2.19. The van der Waals surface area contributed by atoms with Crippen molar-refractivity contribution in [3.63, 3.8) is 0 Å². The Morgan fingerprint density at radius 1 is 1.63 bits per heavy atom. The first-order valence-corrected chi connectivity index (χ1v) is 6.81. The number of morpholine rings is 1. The molecule has 1 fully saturated rings. The average molecular weight is 284 g/mol. The monoisotopic (exact) mass is 283 g/mol. The highest BCUT2D eigenvalue weighted by Gasteiger charge is 2.20. The third-order valence-corrected chi connectivity index (χ3v) is 3.32. The van der Waals surface area contributed by atoms with E-state index in [2.05, 4.69) is 22.1 Å². The smallest absolute Gasteiger partial charge is 0.270 e. The SMILES string of the molecule is CCN1CCOC(CNC(=O)c2cccc(Cl)n2)C1. The van der Waals surface area contributed by atoms with E-state index in [1.807, 2.05) is 0 Å². The maximum Gasteiger partial charge on any atom is 0.270 e. The van der Waals surface area contributed by atoms with E-state index in [0.29, 0.717) is 24.0 Å². The molecule has 19 heavy (non-hydrogen) atoms. The summed E-state index contributed by atoms with van der Waals surface area (Å²) < 4.78 is 5.62. The van der Waals surface area contributed by atoms with Crippen LogP contribution in [0.3, 0.4) is 0 Å². The molecule has 1 aromatic heterocycles. The quantitative estimate of drug-likeness (QED) is 0.844. The predicted molar refractivity (Wildman–Crippen MR) is 73.4 cm³/mol. The molecule has 1 atom stereocenters. The van der Waals surface area contributed by atoms with Crippen molar-refractivity contribution < 1.29 is 9.53 Å². The van der Waals surface area contributed by atoms with Gasteiger partial charge in [0.2, 0.25) is 0 Å². The highest BCUT2D eigenvalue weighted by Crippen LogP contribution is 2.06. The number of nitrogens with zero attached hydrogens (tertiary/aromatic N) is 2. The second-order valence-electron chi connectivity index (χ2n) is 4.44. The second-order valence-corrected chi connectivity index (χ2v) is 4.83. The van der Waals surface area contributed by atoms with Gasteiger partial charge in [-0.3, -0.25) is 9.69 Å². The summed E-state index contributed by atoms with van der Waals surface area (Å²) in [5.74, 6) is -0.222. The largest absolute Gasteiger partial charge is 0.374 e. The van der Waals surface area contributed by atoms with Crippen LogP contribution < -0.4 is 5.32 Å². The van der Waals surface area contributed by atoms with Crippen LogP contribution in [0, 0.1) is 0 Å². The molecular formula is C13H18ClN3O2. The molecule has 1 saturated heterocycles.